The first-order valence-corrected chi connectivity index (χ1v) is 11.9. The summed E-state index contributed by atoms with van der Waals surface area (Å²) in [6, 6.07) is 2.74. The molecule has 2 fully saturated rings. The summed E-state index contributed by atoms with van der Waals surface area (Å²) >= 11 is 0.914. The molecule has 1 atom stereocenters. The van der Waals surface area contributed by atoms with Gasteiger partial charge in [0, 0.05) is 17.4 Å². The number of nitrogens with one attached hydrogen (secondary N) is 1. The summed E-state index contributed by atoms with van der Waals surface area (Å²) in [5.41, 5.74) is -0.321. The molecule has 3 amide bonds. The number of rotatable bonds is 7. The van der Waals surface area contributed by atoms with Gasteiger partial charge in [0.2, 0.25) is 0 Å². The number of aliphatic carboxylic acids is 1. The van der Waals surface area contributed by atoms with Crippen molar-refractivity contribution in [2.45, 2.75) is 31.4 Å². The van der Waals surface area contributed by atoms with E-state index in [-0.39, 0.29) is 39.2 Å². The number of carbonyl (C=O) groups excluding carboxylic acids is 2. The molecule has 1 saturated carbocycles. The minimum atomic E-state index is -1.32. The average molecular weight is 520 g/mol. The summed E-state index contributed by atoms with van der Waals surface area (Å²) in [6.45, 7) is -0.468. The maximum absolute atomic E-state index is 15.3. The molecule has 1 saturated heterocycles. The Kier molecular flexibility index (Phi) is 6.07. The van der Waals surface area contributed by atoms with Crippen molar-refractivity contribution < 1.29 is 42.1 Å². The van der Waals surface area contributed by atoms with Crippen LogP contribution >= 0.6 is 11.8 Å². The maximum Gasteiger partial charge on any atom is 0.342 e. The number of halogens is 3. The normalized spacial score (nSPS) is 19.3. The number of carboxylic acids is 1. The van der Waals surface area contributed by atoms with Gasteiger partial charge in [-0.05, 0) is 37.0 Å². The molecule has 2 aromatic carbocycles. The lowest BCUT2D eigenvalue weighted by Gasteiger charge is -2.31. The molecule has 2 aromatic rings. The molecule has 2 heterocycles. The number of nitrogens with zero attached hydrogens (tertiary/aromatic N) is 1. The van der Waals surface area contributed by atoms with E-state index in [0.29, 0.717) is 10.5 Å². The van der Waals surface area contributed by atoms with Gasteiger partial charge in [0.1, 0.15) is 28.8 Å². The predicted molar refractivity (Wildman–Crippen MR) is 123 cm³/mol. The first-order valence-electron chi connectivity index (χ1n) is 10.9. The zero-order valence-corrected chi connectivity index (χ0v) is 19.6. The molecule has 2 N–H and O–H groups in total. The Balaban J connectivity index is 1.53. The van der Waals surface area contributed by atoms with Crippen LogP contribution in [0, 0.1) is 17.5 Å². The monoisotopic (exact) mass is 520 g/mol. The van der Waals surface area contributed by atoms with Gasteiger partial charge in [-0.25, -0.2) is 27.7 Å². The molecular weight excluding hydrogens is 501 g/mol. The van der Waals surface area contributed by atoms with Crippen molar-refractivity contribution in [3.05, 3.63) is 63.3 Å². The molecule has 188 valence electrons. The van der Waals surface area contributed by atoms with Crippen LogP contribution in [-0.4, -0.2) is 41.9 Å². The highest BCUT2D eigenvalue weighted by molar-refractivity contribution is 8.04. The minimum Gasteiger partial charge on any atom is -0.496 e. The number of amides is 3. The average Bonchev–Trinajstić information content (AvgIpc) is 3.59. The molecule has 8 nitrogen and oxygen atoms in total. The zero-order chi connectivity index (χ0) is 25.7. The number of hydrogen-bond acceptors (Lipinski definition) is 6. The smallest absolute Gasteiger partial charge is 0.342 e. The fourth-order valence-electron chi connectivity index (χ4n) is 4.29. The van der Waals surface area contributed by atoms with Crippen LogP contribution in [0.5, 0.6) is 11.5 Å². The Morgan fingerprint density at radius 2 is 1.92 bits per heavy atom. The van der Waals surface area contributed by atoms with Crippen LogP contribution in [0.25, 0.3) is 0 Å². The van der Waals surface area contributed by atoms with Gasteiger partial charge in [-0.1, -0.05) is 0 Å². The zero-order valence-electron chi connectivity index (χ0n) is 18.8. The topological polar surface area (TPSA) is 105 Å². The van der Waals surface area contributed by atoms with Crippen molar-refractivity contribution >= 4 is 35.4 Å². The fourth-order valence-corrected chi connectivity index (χ4v) is 5.38. The van der Waals surface area contributed by atoms with E-state index in [0.717, 1.165) is 42.8 Å². The highest BCUT2D eigenvalue weighted by atomic mass is 32.2. The molecular formula is C24H19F3N2O6S. The SMILES string of the molecule is COc1ccc(F)c(F)c1COc1cc(N2C(=O)NC3CSC(C(=O)O)=C3C2=O)c(F)cc1C1CC1. The second kappa shape index (κ2) is 9.08. The van der Waals surface area contributed by atoms with Gasteiger partial charge in [0.25, 0.3) is 5.91 Å². The maximum atomic E-state index is 15.3. The molecule has 0 aromatic heterocycles. The molecule has 0 bridgehead atoms. The lowest BCUT2D eigenvalue weighted by Crippen LogP contribution is -2.56. The Hall–Kier alpha value is -3.67. The Bertz CT molecular complexity index is 1340. The second-order valence-electron chi connectivity index (χ2n) is 8.45. The van der Waals surface area contributed by atoms with Crippen LogP contribution in [0.1, 0.15) is 29.9 Å². The van der Waals surface area contributed by atoms with Gasteiger partial charge >= 0.3 is 12.0 Å². The van der Waals surface area contributed by atoms with E-state index >= 15 is 4.39 Å². The van der Waals surface area contributed by atoms with Crippen molar-refractivity contribution in [1.82, 2.24) is 5.32 Å². The molecule has 3 aliphatic rings. The van der Waals surface area contributed by atoms with Crippen LogP contribution in [0.4, 0.5) is 23.7 Å². The lowest BCUT2D eigenvalue weighted by molar-refractivity contribution is -0.132. The van der Waals surface area contributed by atoms with E-state index in [1.165, 1.54) is 13.2 Å². The van der Waals surface area contributed by atoms with Crippen LogP contribution < -0.4 is 19.7 Å². The number of fused-ring (bicyclic) bond motifs is 1. The van der Waals surface area contributed by atoms with Crippen LogP contribution in [0.2, 0.25) is 0 Å². The van der Waals surface area contributed by atoms with Crippen molar-refractivity contribution in [2.75, 3.05) is 17.8 Å². The van der Waals surface area contributed by atoms with E-state index in [9.17, 15) is 28.3 Å². The van der Waals surface area contributed by atoms with E-state index in [1.54, 1.807) is 0 Å². The number of carboxylic acid groups (broad SMARTS) is 1. The first kappa shape index (κ1) is 24.0. The van der Waals surface area contributed by atoms with Crippen molar-refractivity contribution in [2.24, 2.45) is 0 Å². The lowest BCUT2D eigenvalue weighted by atomic mass is 10.0. The number of methoxy groups -OCH3 is 1. The third-order valence-electron chi connectivity index (χ3n) is 6.20. The van der Waals surface area contributed by atoms with Crippen molar-refractivity contribution in [3.8, 4) is 11.5 Å². The highest BCUT2D eigenvalue weighted by Gasteiger charge is 2.45. The van der Waals surface area contributed by atoms with Gasteiger partial charge in [-0.3, -0.25) is 4.79 Å². The van der Waals surface area contributed by atoms with E-state index in [4.69, 9.17) is 9.47 Å². The molecule has 36 heavy (non-hydrogen) atoms. The third kappa shape index (κ3) is 4.04. The number of urea groups is 1. The Labute approximate surface area is 207 Å². The summed E-state index contributed by atoms with van der Waals surface area (Å²) in [4.78, 5) is 37.8. The molecule has 1 unspecified atom stereocenters. The Morgan fingerprint density at radius 1 is 1.17 bits per heavy atom. The largest absolute Gasteiger partial charge is 0.496 e. The molecule has 0 spiro atoms. The standard InChI is InChI=1S/C24H19F3N2O6S/c1-34-17-5-4-13(25)20(27)12(17)8-35-18-7-16(14(26)6-11(18)10-2-3-10)29-22(30)19-15(28-24(29)33)9-36-21(19)23(31)32/h4-7,10,15H,2-3,8-9H2,1H3,(H,28,33)(H,31,32). The molecule has 12 heteroatoms. The van der Waals surface area contributed by atoms with E-state index in [2.05, 4.69) is 5.32 Å². The summed E-state index contributed by atoms with van der Waals surface area (Å²) in [7, 11) is 1.29. The quantitative estimate of drug-likeness (QED) is 0.567. The van der Waals surface area contributed by atoms with Gasteiger partial charge in [-0.2, -0.15) is 0 Å². The summed E-state index contributed by atoms with van der Waals surface area (Å²) in [5, 5.41) is 12.0. The summed E-state index contributed by atoms with van der Waals surface area (Å²) in [6.07, 6.45) is 1.51. The van der Waals surface area contributed by atoms with Gasteiger partial charge < -0.3 is 19.9 Å². The number of anilines is 1. The van der Waals surface area contributed by atoms with Crippen LogP contribution in [-0.2, 0) is 16.2 Å². The highest BCUT2D eigenvalue weighted by Crippen LogP contribution is 2.47. The number of imide groups is 1. The number of thioether (sulfide) groups is 1. The number of ether oxygens (including phenoxy) is 2. The third-order valence-corrected chi connectivity index (χ3v) is 7.38. The van der Waals surface area contributed by atoms with Crippen molar-refractivity contribution in [3.63, 3.8) is 0 Å². The molecule has 0 radical (unpaired) electrons. The molecule has 1 aliphatic carbocycles. The first-order chi connectivity index (χ1) is 17.2. The number of hydrogen-bond donors (Lipinski definition) is 2. The van der Waals surface area contributed by atoms with E-state index in [1.807, 2.05) is 0 Å². The van der Waals surface area contributed by atoms with Crippen LogP contribution in [0.3, 0.4) is 0 Å². The Morgan fingerprint density at radius 3 is 2.58 bits per heavy atom. The van der Waals surface area contributed by atoms with Crippen LogP contribution in [0.15, 0.2) is 34.7 Å². The van der Waals surface area contributed by atoms with Gasteiger partial charge in [0.05, 0.1) is 30.0 Å². The van der Waals surface area contributed by atoms with Gasteiger partial charge in [0.15, 0.2) is 11.6 Å². The summed E-state index contributed by atoms with van der Waals surface area (Å²) in [5.74, 6) is -5.15. The second-order valence-corrected chi connectivity index (χ2v) is 9.48. The van der Waals surface area contributed by atoms with Crippen molar-refractivity contribution in [1.29, 1.82) is 0 Å². The van der Waals surface area contributed by atoms with Gasteiger partial charge in [-0.15, -0.1) is 11.8 Å². The number of benzene rings is 2. The minimum absolute atomic E-state index is 0.0365. The number of carbonyl (C=O) groups is 3. The van der Waals surface area contributed by atoms with E-state index < -0.39 is 53.7 Å². The molecule has 5 rings (SSSR count). The predicted octanol–water partition coefficient (Wildman–Crippen LogP) is 4.08. The molecule has 2 aliphatic heterocycles. The summed E-state index contributed by atoms with van der Waals surface area (Å²) < 4.78 is 54.4. The fraction of sp³-hybridized carbons (Fsp3) is 0.292.